The van der Waals surface area contributed by atoms with Crippen LogP contribution in [-0.4, -0.2) is 68.5 Å². The molecule has 330 valence electrons. The predicted octanol–water partition coefficient (Wildman–Crippen LogP) is 12.5. The molecule has 3 atom stereocenters. The van der Waals surface area contributed by atoms with E-state index < -0.39 is 26.6 Å². The Kier molecular flexibility index (Phi) is 38.3. The molecule has 0 aromatic heterocycles. The lowest BCUT2D eigenvalue weighted by molar-refractivity contribution is -0.870. The van der Waals surface area contributed by atoms with E-state index in [1.807, 2.05) is 27.2 Å². The minimum atomic E-state index is -4.60. The summed E-state index contributed by atoms with van der Waals surface area (Å²) in [5.41, 5.74) is 0. The molecule has 3 unspecified atom stereocenters. The van der Waals surface area contributed by atoms with E-state index in [0.717, 1.165) is 44.9 Å². The molecule has 56 heavy (non-hydrogen) atoms. The van der Waals surface area contributed by atoms with E-state index in [-0.39, 0.29) is 12.5 Å². The van der Waals surface area contributed by atoms with Crippen molar-refractivity contribution >= 4 is 13.7 Å². The molecule has 0 rings (SSSR count). The first kappa shape index (κ1) is 54.7. The quantitative estimate of drug-likeness (QED) is 0.0275. The van der Waals surface area contributed by atoms with Crippen LogP contribution in [0.25, 0.3) is 0 Å². The van der Waals surface area contributed by atoms with Crippen molar-refractivity contribution in [3.05, 3.63) is 36.5 Å². The van der Waals surface area contributed by atoms with Crippen LogP contribution in [0.1, 0.15) is 206 Å². The second-order valence-electron chi connectivity index (χ2n) is 17.1. The van der Waals surface area contributed by atoms with Crippen molar-refractivity contribution in [3.8, 4) is 0 Å². The Morgan fingerprint density at radius 2 is 1.00 bits per heavy atom. The predicted molar refractivity (Wildman–Crippen MR) is 238 cm³/mol. The van der Waals surface area contributed by atoms with E-state index in [4.69, 9.17) is 9.05 Å². The zero-order valence-electron chi connectivity index (χ0n) is 37.3. The van der Waals surface area contributed by atoms with Crippen LogP contribution in [-0.2, 0) is 18.4 Å². The van der Waals surface area contributed by atoms with Crippen LogP contribution in [0.5, 0.6) is 0 Å². The van der Waals surface area contributed by atoms with Crippen LogP contribution in [0.2, 0.25) is 0 Å². The van der Waals surface area contributed by atoms with Gasteiger partial charge in [-0.05, 0) is 44.9 Å². The minimum Gasteiger partial charge on any atom is -0.756 e. The maximum Gasteiger partial charge on any atom is 0.268 e. The molecule has 8 nitrogen and oxygen atoms in total. The fourth-order valence-corrected chi connectivity index (χ4v) is 7.32. The first-order chi connectivity index (χ1) is 27.0. The maximum atomic E-state index is 12.9. The van der Waals surface area contributed by atoms with Crippen molar-refractivity contribution in [2.45, 2.75) is 219 Å². The molecule has 2 N–H and O–H groups in total. The number of unbranched alkanes of at least 4 members (excludes halogenated alkanes) is 25. The third-order valence-electron chi connectivity index (χ3n) is 10.3. The van der Waals surface area contributed by atoms with Gasteiger partial charge < -0.3 is 28.8 Å². The number of carbonyl (C=O) groups is 1. The Balaban J connectivity index is 4.45. The van der Waals surface area contributed by atoms with Gasteiger partial charge in [0.1, 0.15) is 13.2 Å². The van der Waals surface area contributed by atoms with Gasteiger partial charge in [0.05, 0.1) is 39.9 Å². The van der Waals surface area contributed by atoms with E-state index in [2.05, 4.69) is 43.5 Å². The third kappa shape index (κ3) is 40.9. The number of nitrogens with one attached hydrogen (secondary N) is 1. The third-order valence-corrected chi connectivity index (χ3v) is 11.3. The highest BCUT2D eigenvalue weighted by molar-refractivity contribution is 7.45. The van der Waals surface area contributed by atoms with Gasteiger partial charge in [0.25, 0.3) is 7.82 Å². The number of aliphatic hydroxyl groups excluding tert-OH is 1. The number of phosphoric ester groups is 1. The molecule has 0 saturated heterocycles. The number of rotatable bonds is 42. The lowest BCUT2D eigenvalue weighted by atomic mass is 10.0. The summed E-state index contributed by atoms with van der Waals surface area (Å²) in [6, 6.07) is -0.905. The number of likely N-dealkylation sites (N-methyl/N-ethyl adjacent to an activating group) is 1. The Morgan fingerprint density at radius 3 is 1.45 bits per heavy atom. The molecule has 0 radical (unpaired) electrons. The van der Waals surface area contributed by atoms with Gasteiger partial charge in [-0.3, -0.25) is 9.36 Å². The second kappa shape index (κ2) is 39.2. The van der Waals surface area contributed by atoms with Gasteiger partial charge in [-0.1, -0.05) is 192 Å². The lowest BCUT2D eigenvalue weighted by Crippen LogP contribution is -2.45. The van der Waals surface area contributed by atoms with E-state index >= 15 is 0 Å². The fourth-order valence-electron chi connectivity index (χ4n) is 6.60. The number of aliphatic hydroxyl groups is 1. The Morgan fingerprint density at radius 1 is 0.607 bits per heavy atom. The number of nitrogens with zero attached hydrogens (tertiary/aromatic N) is 1. The van der Waals surface area contributed by atoms with E-state index in [1.165, 1.54) is 141 Å². The van der Waals surface area contributed by atoms with Crippen molar-refractivity contribution in [1.82, 2.24) is 5.32 Å². The molecule has 0 aliphatic carbocycles. The van der Waals surface area contributed by atoms with Crippen molar-refractivity contribution in [3.63, 3.8) is 0 Å². The summed E-state index contributed by atoms with van der Waals surface area (Å²) >= 11 is 0. The summed E-state index contributed by atoms with van der Waals surface area (Å²) in [5.74, 6) is -0.210. The van der Waals surface area contributed by atoms with Crippen molar-refractivity contribution < 1.29 is 32.9 Å². The number of hydrogen-bond donors (Lipinski definition) is 2. The number of amides is 1. The average Bonchev–Trinajstić information content (AvgIpc) is 3.15. The molecule has 1 amide bonds. The average molecular weight is 811 g/mol. The maximum absolute atomic E-state index is 12.9. The van der Waals surface area contributed by atoms with Crippen LogP contribution in [0.15, 0.2) is 36.5 Å². The molecular formula is C47H91N2O6P. The van der Waals surface area contributed by atoms with Gasteiger partial charge in [-0.25, -0.2) is 0 Å². The summed E-state index contributed by atoms with van der Waals surface area (Å²) in [6.45, 7) is 4.62. The SMILES string of the molecule is CCCCCCCCC/C=C/CC/C=C/CC/C=C/C(O)C(COP(=O)([O-])OCC[N+](C)(C)C)NC(=O)CCCCCCCCCCCCCCCCCCC. The van der Waals surface area contributed by atoms with Gasteiger partial charge in [-0.2, -0.15) is 0 Å². The molecule has 0 spiro atoms. The molecule has 0 fully saturated rings. The van der Waals surface area contributed by atoms with Gasteiger partial charge >= 0.3 is 0 Å². The zero-order chi connectivity index (χ0) is 41.4. The molecule has 0 heterocycles. The molecule has 0 saturated carbocycles. The van der Waals surface area contributed by atoms with E-state index in [1.54, 1.807) is 6.08 Å². The molecule has 0 aromatic rings. The smallest absolute Gasteiger partial charge is 0.268 e. The Labute approximate surface area is 347 Å². The van der Waals surface area contributed by atoms with Gasteiger partial charge in [0.15, 0.2) is 0 Å². The molecule has 0 aliphatic heterocycles. The van der Waals surface area contributed by atoms with Crippen LogP contribution in [0.4, 0.5) is 0 Å². The topological polar surface area (TPSA) is 108 Å². The summed E-state index contributed by atoms with van der Waals surface area (Å²) in [7, 11) is 1.24. The van der Waals surface area contributed by atoms with Crippen molar-refractivity contribution in [2.75, 3.05) is 40.9 Å². The normalized spacial score (nSPS) is 14.6. The summed E-state index contributed by atoms with van der Waals surface area (Å²) in [5, 5.41) is 13.8. The highest BCUT2D eigenvalue weighted by Gasteiger charge is 2.23. The van der Waals surface area contributed by atoms with Crippen molar-refractivity contribution in [1.29, 1.82) is 0 Å². The Hall–Kier alpha value is -1.28. The number of quaternary nitrogens is 1. The zero-order valence-corrected chi connectivity index (χ0v) is 38.2. The van der Waals surface area contributed by atoms with Gasteiger partial charge in [-0.15, -0.1) is 0 Å². The molecular weight excluding hydrogens is 719 g/mol. The monoisotopic (exact) mass is 811 g/mol. The van der Waals surface area contributed by atoms with Gasteiger partial charge in [0, 0.05) is 6.42 Å². The Bertz CT molecular complexity index is 1010. The fraction of sp³-hybridized carbons (Fsp3) is 0.851. The summed E-state index contributed by atoms with van der Waals surface area (Å²) in [4.78, 5) is 25.3. The largest absolute Gasteiger partial charge is 0.756 e. The number of hydrogen-bond acceptors (Lipinski definition) is 6. The van der Waals surface area contributed by atoms with E-state index in [9.17, 15) is 19.4 Å². The second-order valence-corrected chi connectivity index (χ2v) is 18.5. The van der Waals surface area contributed by atoms with Crippen LogP contribution < -0.4 is 10.2 Å². The number of allylic oxidation sites excluding steroid dienone is 5. The van der Waals surface area contributed by atoms with Crippen LogP contribution in [0, 0.1) is 0 Å². The number of carbonyl (C=O) groups excluding carboxylic acids is 1. The molecule has 0 aliphatic rings. The minimum absolute atomic E-state index is 0.00781. The highest BCUT2D eigenvalue weighted by atomic mass is 31.2. The first-order valence-electron chi connectivity index (χ1n) is 23.4. The molecule has 0 bridgehead atoms. The lowest BCUT2D eigenvalue weighted by Gasteiger charge is -2.29. The molecule has 0 aromatic carbocycles. The molecule has 9 heteroatoms. The van der Waals surface area contributed by atoms with Crippen LogP contribution in [0.3, 0.4) is 0 Å². The summed E-state index contributed by atoms with van der Waals surface area (Å²) in [6.07, 6.45) is 47.6. The van der Waals surface area contributed by atoms with Gasteiger partial charge in [0.2, 0.25) is 5.91 Å². The first-order valence-corrected chi connectivity index (χ1v) is 24.8. The van der Waals surface area contributed by atoms with E-state index in [0.29, 0.717) is 17.4 Å². The summed E-state index contributed by atoms with van der Waals surface area (Å²) < 4.78 is 23.2. The van der Waals surface area contributed by atoms with Crippen molar-refractivity contribution in [2.24, 2.45) is 0 Å². The standard InChI is InChI=1S/C47H91N2O6P/c1-6-8-10-12-14-16-18-20-22-24-26-28-30-32-34-36-38-40-46(50)45(44-55-56(52,53)54-43-42-49(3,4)5)48-47(51)41-39-37-35-33-31-29-27-25-23-21-19-17-15-13-11-9-7-2/h22,24,30,32,38,40,45-46,50H,6-21,23,25-29,31,33-37,39,41-44H2,1-5H3,(H-,48,51,52,53)/b24-22+,32-30+,40-38+. The highest BCUT2D eigenvalue weighted by Crippen LogP contribution is 2.38. The number of phosphoric acid groups is 1. The van der Waals surface area contributed by atoms with Crippen LogP contribution >= 0.6 is 7.82 Å².